The number of rotatable bonds is 5. The molecule has 0 spiro atoms. The molecule has 0 aromatic heterocycles. The Morgan fingerprint density at radius 2 is 1.94 bits per heavy atom. The smallest absolute Gasteiger partial charge is 0.239 e. The van der Waals surface area contributed by atoms with Crippen molar-refractivity contribution in [3.63, 3.8) is 0 Å². The zero-order valence-electron chi connectivity index (χ0n) is 10.1. The molecule has 0 aromatic carbocycles. The molecule has 16 heavy (non-hydrogen) atoms. The summed E-state index contributed by atoms with van der Waals surface area (Å²) >= 11 is 0. The maximum Gasteiger partial charge on any atom is 0.239 e. The van der Waals surface area contributed by atoms with Gasteiger partial charge in [0.15, 0.2) is 0 Å². The van der Waals surface area contributed by atoms with E-state index in [1.54, 1.807) is 0 Å². The van der Waals surface area contributed by atoms with Gasteiger partial charge in [0.25, 0.3) is 0 Å². The monoisotopic (exact) mass is 250 g/mol. The number of nitrogens with one attached hydrogen (secondary N) is 1. The molecule has 1 rings (SSSR count). The van der Waals surface area contributed by atoms with Gasteiger partial charge >= 0.3 is 0 Å². The molecule has 0 aromatic rings. The second-order valence-corrected chi connectivity index (χ2v) is 4.18. The van der Waals surface area contributed by atoms with Crippen molar-refractivity contribution < 1.29 is 9.90 Å². The molecule has 0 aliphatic carbocycles. The van der Waals surface area contributed by atoms with Crippen LogP contribution < -0.4 is 5.32 Å². The van der Waals surface area contributed by atoms with Crippen molar-refractivity contribution >= 4 is 18.3 Å². The first kappa shape index (κ1) is 15.7. The normalized spacial score (nSPS) is 23.9. The van der Waals surface area contributed by atoms with E-state index in [2.05, 4.69) is 19.2 Å². The van der Waals surface area contributed by atoms with Crippen molar-refractivity contribution in [1.29, 1.82) is 0 Å². The Kier molecular flexibility index (Phi) is 7.72. The van der Waals surface area contributed by atoms with Crippen molar-refractivity contribution in [1.82, 2.24) is 10.2 Å². The van der Waals surface area contributed by atoms with Gasteiger partial charge in [-0.25, -0.2) is 0 Å². The van der Waals surface area contributed by atoms with Gasteiger partial charge in [-0.3, -0.25) is 4.79 Å². The van der Waals surface area contributed by atoms with Gasteiger partial charge in [-0.05, 0) is 19.3 Å². The van der Waals surface area contributed by atoms with Gasteiger partial charge in [0.05, 0.1) is 12.1 Å². The molecule has 0 saturated carbocycles. The van der Waals surface area contributed by atoms with E-state index in [1.807, 2.05) is 4.90 Å². The van der Waals surface area contributed by atoms with Gasteiger partial charge in [0.1, 0.15) is 0 Å². The number of hydrogen-bond acceptors (Lipinski definition) is 3. The number of carbonyl (C=O) groups is 1. The van der Waals surface area contributed by atoms with Crippen LogP contribution >= 0.6 is 12.4 Å². The number of aliphatic hydroxyl groups excluding tert-OH is 1. The Morgan fingerprint density at radius 1 is 1.38 bits per heavy atom. The molecular weight excluding hydrogens is 228 g/mol. The Hall–Kier alpha value is -0.320. The Balaban J connectivity index is 0.00000225. The Morgan fingerprint density at radius 3 is 2.31 bits per heavy atom. The highest BCUT2D eigenvalue weighted by atomic mass is 35.5. The SMILES string of the molecule is CCCN(CCC)C(=O)[C@H]1C[C@@H](O)CN1.Cl. The van der Waals surface area contributed by atoms with Crippen LogP contribution in [0.25, 0.3) is 0 Å². The summed E-state index contributed by atoms with van der Waals surface area (Å²) in [6.07, 6.45) is 2.18. The van der Waals surface area contributed by atoms with Gasteiger partial charge in [-0.1, -0.05) is 13.8 Å². The van der Waals surface area contributed by atoms with Crippen LogP contribution in [0.1, 0.15) is 33.1 Å². The van der Waals surface area contributed by atoms with Gasteiger partial charge in [0.2, 0.25) is 5.91 Å². The molecule has 0 bridgehead atoms. The van der Waals surface area contributed by atoms with Crippen molar-refractivity contribution in [2.45, 2.75) is 45.3 Å². The second kappa shape index (κ2) is 7.87. The molecule has 4 nitrogen and oxygen atoms in total. The molecule has 1 aliphatic rings. The first-order valence-electron chi connectivity index (χ1n) is 5.89. The minimum absolute atomic E-state index is 0. The predicted octanol–water partition coefficient (Wildman–Crippen LogP) is 0.780. The largest absolute Gasteiger partial charge is 0.392 e. The van der Waals surface area contributed by atoms with Crippen LogP contribution in [0.15, 0.2) is 0 Å². The number of nitrogens with zero attached hydrogens (tertiary/aromatic N) is 1. The van der Waals surface area contributed by atoms with E-state index in [0.29, 0.717) is 13.0 Å². The third-order valence-corrected chi connectivity index (χ3v) is 2.70. The molecule has 0 radical (unpaired) electrons. The molecule has 1 fully saturated rings. The van der Waals surface area contributed by atoms with Gasteiger partial charge in [-0.15, -0.1) is 12.4 Å². The molecule has 0 unspecified atom stereocenters. The Bertz CT molecular complexity index is 208. The lowest BCUT2D eigenvalue weighted by molar-refractivity contribution is -0.133. The van der Waals surface area contributed by atoms with E-state index in [4.69, 9.17) is 0 Å². The van der Waals surface area contributed by atoms with E-state index in [0.717, 1.165) is 25.9 Å². The number of carbonyl (C=O) groups excluding carboxylic acids is 1. The summed E-state index contributed by atoms with van der Waals surface area (Å²) in [5.41, 5.74) is 0. The highest BCUT2D eigenvalue weighted by Crippen LogP contribution is 2.10. The minimum atomic E-state index is -0.357. The summed E-state index contributed by atoms with van der Waals surface area (Å²) in [5, 5.41) is 12.4. The minimum Gasteiger partial charge on any atom is -0.392 e. The summed E-state index contributed by atoms with van der Waals surface area (Å²) in [6, 6.07) is -0.168. The predicted molar refractivity (Wildman–Crippen MR) is 66.8 cm³/mol. The van der Waals surface area contributed by atoms with Crippen molar-refractivity contribution in [2.75, 3.05) is 19.6 Å². The number of hydrogen-bond donors (Lipinski definition) is 2. The summed E-state index contributed by atoms with van der Waals surface area (Å²) < 4.78 is 0. The highest BCUT2D eigenvalue weighted by molar-refractivity contribution is 5.85. The molecule has 1 aliphatic heterocycles. The van der Waals surface area contributed by atoms with Crippen molar-refractivity contribution in [3.05, 3.63) is 0 Å². The van der Waals surface area contributed by atoms with Crippen LogP contribution in [0.4, 0.5) is 0 Å². The van der Waals surface area contributed by atoms with Crippen LogP contribution in [0.2, 0.25) is 0 Å². The second-order valence-electron chi connectivity index (χ2n) is 4.18. The lowest BCUT2D eigenvalue weighted by Crippen LogP contribution is -2.44. The van der Waals surface area contributed by atoms with Crippen molar-refractivity contribution in [2.24, 2.45) is 0 Å². The molecule has 1 heterocycles. The van der Waals surface area contributed by atoms with Crippen LogP contribution in [-0.2, 0) is 4.79 Å². The molecule has 2 N–H and O–H groups in total. The van der Waals surface area contributed by atoms with Crippen molar-refractivity contribution in [3.8, 4) is 0 Å². The maximum absolute atomic E-state index is 12.0. The molecule has 5 heteroatoms. The van der Waals surface area contributed by atoms with Crippen LogP contribution in [0.5, 0.6) is 0 Å². The number of β-amino-alcohol motifs (C(OH)–C–C–N with tert-alkyl or cyclic N) is 1. The average molecular weight is 251 g/mol. The molecule has 1 saturated heterocycles. The molecule has 1 amide bonds. The quantitative estimate of drug-likeness (QED) is 0.758. The van der Waals surface area contributed by atoms with Gasteiger partial charge in [-0.2, -0.15) is 0 Å². The van der Waals surface area contributed by atoms with E-state index in [-0.39, 0.29) is 30.5 Å². The average Bonchev–Trinajstić information content (AvgIpc) is 2.63. The van der Waals surface area contributed by atoms with Crippen LogP contribution in [-0.4, -0.2) is 47.7 Å². The lowest BCUT2D eigenvalue weighted by atomic mass is 10.1. The molecule has 2 atom stereocenters. The lowest BCUT2D eigenvalue weighted by Gasteiger charge is -2.24. The third kappa shape index (κ3) is 4.28. The van der Waals surface area contributed by atoms with Crippen LogP contribution in [0, 0.1) is 0 Å². The highest BCUT2D eigenvalue weighted by Gasteiger charge is 2.30. The fraction of sp³-hybridized carbons (Fsp3) is 0.909. The zero-order valence-corrected chi connectivity index (χ0v) is 10.9. The standard InChI is InChI=1S/C11H22N2O2.ClH/c1-3-5-13(6-4-2)11(15)10-7-9(14)8-12-10;/h9-10,12,14H,3-8H2,1-2H3;1H/t9-,10-;/m1./s1. The fourth-order valence-electron chi connectivity index (χ4n) is 2.00. The van der Waals surface area contributed by atoms with Gasteiger partial charge in [0, 0.05) is 19.6 Å². The molecular formula is C11H23ClN2O2. The first-order valence-corrected chi connectivity index (χ1v) is 5.89. The summed E-state index contributed by atoms with van der Waals surface area (Å²) in [4.78, 5) is 13.9. The summed E-state index contributed by atoms with van der Waals surface area (Å²) in [5.74, 6) is 0.148. The third-order valence-electron chi connectivity index (χ3n) is 2.70. The molecule has 96 valence electrons. The van der Waals surface area contributed by atoms with Crippen LogP contribution in [0.3, 0.4) is 0 Å². The fourth-order valence-corrected chi connectivity index (χ4v) is 2.00. The van der Waals surface area contributed by atoms with Gasteiger partial charge < -0.3 is 15.3 Å². The zero-order chi connectivity index (χ0) is 11.3. The topological polar surface area (TPSA) is 52.6 Å². The van der Waals surface area contributed by atoms with E-state index < -0.39 is 0 Å². The van der Waals surface area contributed by atoms with E-state index in [1.165, 1.54) is 0 Å². The van der Waals surface area contributed by atoms with E-state index in [9.17, 15) is 9.90 Å². The summed E-state index contributed by atoms with van der Waals surface area (Å²) in [7, 11) is 0. The number of halogens is 1. The summed E-state index contributed by atoms with van der Waals surface area (Å²) in [6.45, 7) is 6.34. The Labute approximate surface area is 104 Å². The first-order chi connectivity index (χ1) is 7.19. The number of amides is 1. The maximum atomic E-state index is 12.0. The number of aliphatic hydroxyl groups is 1. The van der Waals surface area contributed by atoms with E-state index >= 15 is 0 Å².